The van der Waals surface area contributed by atoms with E-state index in [0.29, 0.717) is 18.7 Å². The topological polar surface area (TPSA) is 75.6 Å². The number of carbonyl (C=O) groups is 2. The van der Waals surface area contributed by atoms with Crippen LogP contribution in [0.3, 0.4) is 0 Å². The minimum atomic E-state index is -0.863. The van der Waals surface area contributed by atoms with Crippen molar-refractivity contribution in [1.29, 1.82) is 0 Å². The lowest BCUT2D eigenvalue weighted by atomic mass is 10.2. The number of rotatable bonds is 7. The third-order valence-corrected chi connectivity index (χ3v) is 2.57. The van der Waals surface area contributed by atoms with Crippen LogP contribution in [0, 0.1) is 6.92 Å². The minimum Gasteiger partial charge on any atom is -0.481 e. The average molecular weight is 265 g/mol. The quantitative estimate of drug-likeness (QED) is 0.736. The van der Waals surface area contributed by atoms with Gasteiger partial charge in [-0.2, -0.15) is 0 Å². The first-order valence-corrected chi connectivity index (χ1v) is 6.22. The Hall–Kier alpha value is -2.04. The number of aliphatic carboxylic acids is 1. The standard InChI is InChI=1S/C14H19NO4/c1-10-5-7-12(8-6-10)19-11(2)14(18)15-9-3-4-13(16)17/h5-8,11H,3-4,9H2,1-2H3,(H,15,18)(H,16,17). The van der Waals surface area contributed by atoms with E-state index in [9.17, 15) is 9.59 Å². The molecule has 0 aliphatic carbocycles. The average Bonchev–Trinajstić information content (AvgIpc) is 2.36. The fourth-order valence-electron chi connectivity index (χ4n) is 1.47. The Morgan fingerprint density at radius 2 is 1.95 bits per heavy atom. The Labute approximate surface area is 112 Å². The zero-order valence-corrected chi connectivity index (χ0v) is 11.2. The maximum atomic E-state index is 11.7. The predicted molar refractivity (Wildman–Crippen MR) is 71.1 cm³/mol. The van der Waals surface area contributed by atoms with Gasteiger partial charge in [0.25, 0.3) is 5.91 Å². The second kappa shape index (κ2) is 7.41. The molecule has 2 N–H and O–H groups in total. The largest absolute Gasteiger partial charge is 0.481 e. The number of aryl methyl sites for hydroxylation is 1. The van der Waals surface area contributed by atoms with Crippen LogP contribution >= 0.6 is 0 Å². The highest BCUT2D eigenvalue weighted by Crippen LogP contribution is 2.13. The molecule has 5 nitrogen and oxygen atoms in total. The lowest BCUT2D eigenvalue weighted by Gasteiger charge is -2.14. The minimum absolute atomic E-state index is 0.0491. The third-order valence-electron chi connectivity index (χ3n) is 2.57. The van der Waals surface area contributed by atoms with Crippen molar-refractivity contribution in [1.82, 2.24) is 5.32 Å². The molecule has 104 valence electrons. The van der Waals surface area contributed by atoms with Crippen LogP contribution in [-0.4, -0.2) is 29.6 Å². The second-order valence-corrected chi connectivity index (χ2v) is 4.36. The van der Waals surface area contributed by atoms with Crippen LogP contribution in [0.4, 0.5) is 0 Å². The van der Waals surface area contributed by atoms with Gasteiger partial charge in [-0.25, -0.2) is 0 Å². The molecule has 19 heavy (non-hydrogen) atoms. The lowest BCUT2D eigenvalue weighted by Crippen LogP contribution is -2.36. The number of ether oxygens (including phenoxy) is 1. The first-order valence-electron chi connectivity index (χ1n) is 6.22. The van der Waals surface area contributed by atoms with Gasteiger partial charge in [0.05, 0.1) is 0 Å². The van der Waals surface area contributed by atoms with Crippen LogP contribution in [0.2, 0.25) is 0 Å². The molecular weight excluding hydrogens is 246 g/mol. The molecule has 0 aromatic heterocycles. The summed E-state index contributed by atoms with van der Waals surface area (Å²) >= 11 is 0. The van der Waals surface area contributed by atoms with Crippen molar-refractivity contribution in [2.75, 3.05) is 6.54 Å². The zero-order valence-electron chi connectivity index (χ0n) is 11.2. The van der Waals surface area contributed by atoms with Crippen molar-refractivity contribution in [3.63, 3.8) is 0 Å². The normalized spacial score (nSPS) is 11.7. The highest BCUT2D eigenvalue weighted by molar-refractivity contribution is 5.80. The Bertz CT molecular complexity index is 428. The molecule has 0 aliphatic rings. The molecule has 1 rings (SSSR count). The molecule has 0 saturated heterocycles. The second-order valence-electron chi connectivity index (χ2n) is 4.36. The summed E-state index contributed by atoms with van der Waals surface area (Å²) < 4.78 is 5.48. The maximum Gasteiger partial charge on any atom is 0.303 e. The summed E-state index contributed by atoms with van der Waals surface area (Å²) in [6, 6.07) is 7.44. The molecule has 0 radical (unpaired) electrons. The van der Waals surface area contributed by atoms with E-state index in [-0.39, 0.29) is 12.3 Å². The van der Waals surface area contributed by atoms with Gasteiger partial charge in [-0.1, -0.05) is 17.7 Å². The van der Waals surface area contributed by atoms with Gasteiger partial charge in [0.2, 0.25) is 0 Å². The number of carboxylic acids is 1. The summed E-state index contributed by atoms with van der Waals surface area (Å²) in [6.45, 7) is 3.97. The van der Waals surface area contributed by atoms with Gasteiger partial charge >= 0.3 is 5.97 Å². The van der Waals surface area contributed by atoms with Crippen molar-refractivity contribution >= 4 is 11.9 Å². The van der Waals surface area contributed by atoms with E-state index in [1.54, 1.807) is 6.92 Å². The first kappa shape index (κ1) is 15.0. The monoisotopic (exact) mass is 265 g/mol. The van der Waals surface area contributed by atoms with Crippen LogP contribution in [0.5, 0.6) is 5.75 Å². The van der Waals surface area contributed by atoms with Gasteiger partial charge in [0, 0.05) is 13.0 Å². The highest BCUT2D eigenvalue weighted by atomic mass is 16.5. The smallest absolute Gasteiger partial charge is 0.303 e. The number of benzene rings is 1. The number of carbonyl (C=O) groups excluding carboxylic acids is 1. The Balaban J connectivity index is 2.32. The van der Waals surface area contributed by atoms with Gasteiger partial charge < -0.3 is 15.2 Å². The van der Waals surface area contributed by atoms with Crippen molar-refractivity contribution in [3.05, 3.63) is 29.8 Å². The van der Waals surface area contributed by atoms with Gasteiger partial charge in [0.15, 0.2) is 6.10 Å². The summed E-state index contributed by atoms with van der Waals surface area (Å²) in [4.78, 5) is 22.0. The van der Waals surface area contributed by atoms with Crippen LogP contribution in [0.25, 0.3) is 0 Å². The van der Waals surface area contributed by atoms with Crippen molar-refractivity contribution < 1.29 is 19.4 Å². The molecular formula is C14H19NO4. The summed E-state index contributed by atoms with van der Waals surface area (Å²) in [5, 5.41) is 11.1. The fourth-order valence-corrected chi connectivity index (χ4v) is 1.47. The summed E-state index contributed by atoms with van der Waals surface area (Å²) in [6.07, 6.45) is -0.140. The van der Waals surface area contributed by atoms with Crippen LogP contribution in [0.1, 0.15) is 25.3 Å². The highest BCUT2D eigenvalue weighted by Gasteiger charge is 2.13. The van der Waals surface area contributed by atoms with Gasteiger partial charge in [0.1, 0.15) is 5.75 Å². The predicted octanol–water partition coefficient (Wildman–Crippen LogP) is 1.74. The molecule has 0 spiro atoms. The number of nitrogens with one attached hydrogen (secondary N) is 1. The molecule has 1 aromatic carbocycles. The van der Waals surface area contributed by atoms with Gasteiger partial charge in [-0.15, -0.1) is 0 Å². The fraction of sp³-hybridized carbons (Fsp3) is 0.429. The lowest BCUT2D eigenvalue weighted by molar-refractivity contribution is -0.137. The van der Waals surface area contributed by atoms with Gasteiger partial charge in [-0.05, 0) is 32.4 Å². The van der Waals surface area contributed by atoms with E-state index >= 15 is 0 Å². The summed E-state index contributed by atoms with van der Waals surface area (Å²) in [5.41, 5.74) is 1.12. The van der Waals surface area contributed by atoms with Crippen molar-refractivity contribution in [2.24, 2.45) is 0 Å². The van der Waals surface area contributed by atoms with Crippen LogP contribution < -0.4 is 10.1 Å². The SMILES string of the molecule is Cc1ccc(OC(C)C(=O)NCCCC(=O)O)cc1. The zero-order chi connectivity index (χ0) is 14.3. The number of carboxylic acid groups (broad SMARTS) is 1. The Morgan fingerprint density at radius 3 is 2.53 bits per heavy atom. The van der Waals surface area contributed by atoms with Crippen LogP contribution in [0.15, 0.2) is 24.3 Å². The van der Waals surface area contributed by atoms with Gasteiger partial charge in [-0.3, -0.25) is 9.59 Å². The van der Waals surface area contributed by atoms with E-state index in [1.807, 2.05) is 31.2 Å². The summed E-state index contributed by atoms with van der Waals surface area (Å²) in [5.74, 6) is -0.469. The van der Waals surface area contributed by atoms with E-state index < -0.39 is 12.1 Å². The van der Waals surface area contributed by atoms with E-state index in [0.717, 1.165) is 5.56 Å². The summed E-state index contributed by atoms with van der Waals surface area (Å²) in [7, 11) is 0. The maximum absolute atomic E-state index is 11.7. The van der Waals surface area contributed by atoms with Crippen molar-refractivity contribution in [3.8, 4) is 5.75 Å². The molecule has 0 fully saturated rings. The molecule has 1 amide bonds. The van der Waals surface area contributed by atoms with E-state index in [2.05, 4.69) is 5.32 Å². The molecule has 0 aliphatic heterocycles. The molecule has 0 bridgehead atoms. The van der Waals surface area contributed by atoms with E-state index in [1.165, 1.54) is 0 Å². The number of hydrogen-bond acceptors (Lipinski definition) is 3. The molecule has 0 heterocycles. The molecule has 0 saturated carbocycles. The number of hydrogen-bond donors (Lipinski definition) is 2. The molecule has 5 heteroatoms. The van der Waals surface area contributed by atoms with Crippen LogP contribution in [-0.2, 0) is 9.59 Å². The van der Waals surface area contributed by atoms with E-state index in [4.69, 9.17) is 9.84 Å². The Kier molecular flexibility index (Phi) is 5.85. The molecule has 1 aromatic rings. The Morgan fingerprint density at radius 1 is 1.32 bits per heavy atom. The van der Waals surface area contributed by atoms with Crippen molar-refractivity contribution in [2.45, 2.75) is 32.8 Å². The molecule has 1 unspecified atom stereocenters. The first-order chi connectivity index (χ1) is 8.99. The third kappa shape index (κ3) is 5.90. The number of amides is 1. The molecule has 1 atom stereocenters.